The maximum absolute atomic E-state index is 13.6. The van der Waals surface area contributed by atoms with Crippen molar-refractivity contribution in [3.05, 3.63) is 0 Å². The molecular weight excluding hydrogens is 578 g/mol. The lowest BCUT2D eigenvalue weighted by atomic mass is 9.64. The molecule has 0 bridgehead atoms. The molecule has 278 valence electrons. The largest absolute Gasteiger partial charge is 0.377 e. The average Bonchev–Trinajstić information content (AvgIpc) is 3.03. The molecule has 0 aromatic carbocycles. The van der Waals surface area contributed by atoms with Gasteiger partial charge >= 0.3 is 0 Å². The first-order valence-electron chi connectivity index (χ1n) is 21.0. The number of rotatable bonds is 26. The van der Waals surface area contributed by atoms with Gasteiger partial charge in [0.25, 0.3) is 0 Å². The molecule has 1 amide bonds. The highest BCUT2D eigenvalue weighted by molar-refractivity contribution is 5.78. The molecule has 0 spiro atoms. The minimum atomic E-state index is 0.123. The number of hydrogen-bond acceptors (Lipinski definition) is 3. The third-order valence-corrected chi connectivity index (χ3v) is 11.5. The fraction of sp³-hybridized carbons (Fsp3) is 0.977. The molecule has 2 fully saturated rings. The van der Waals surface area contributed by atoms with Gasteiger partial charge in [-0.3, -0.25) is 4.79 Å². The minimum Gasteiger partial charge on any atom is -0.377 e. The Morgan fingerprint density at radius 1 is 0.702 bits per heavy atom. The summed E-state index contributed by atoms with van der Waals surface area (Å²) in [5.74, 6) is 1.96. The third-order valence-electron chi connectivity index (χ3n) is 11.5. The van der Waals surface area contributed by atoms with Crippen LogP contribution in [0.25, 0.3) is 0 Å². The van der Waals surface area contributed by atoms with Gasteiger partial charge in [0.2, 0.25) is 5.91 Å². The van der Waals surface area contributed by atoms with Crippen molar-refractivity contribution in [3.63, 3.8) is 0 Å². The highest BCUT2D eigenvalue weighted by Gasteiger charge is 2.36. The number of nitrogens with zero attached hydrogens (tertiary/aromatic N) is 1. The minimum absolute atomic E-state index is 0.123. The summed E-state index contributed by atoms with van der Waals surface area (Å²) >= 11 is 0. The van der Waals surface area contributed by atoms with Gasteiger partial charge in [0.15, 0.2) is 0 Å². The SMILES string of the molecule is CCCCCCCCCCCCCCCC(C)C(=O)N(CCOCCOC1CCC(C(C)(C)CC(C)(C)C)CC1)CC1CCCCC1. The lowest BCUT2D eigenvalue weighted by Gasteiger charge is -2.42. The number of amides is 1. The number of carbonyl (C=O) groups excluding carboxylic acids is 1. The van der Waals surface area contributed by atoms with Gasteiger partial charge in [-0.25, -0.2) is 0 Å². The van der Waals surface area contributed by atoms with Crippen molar-refractivity contribution in [1.82, 2.24) is 4.90 Å². The molecule has 2 rings (SSSR count). The smallest absolute Gasteiger partial charge is 0.225 e. The van der Waals surface area contributed by atoms with E-state index in [0.29, 0.717) is 48.6 Å². The van der Waals surface area contributed by atoms with Gasteiger partial charge in [-0.1, -0.05) is 151 Å². The Balaban J connectivity index is 1.60. The fourth-order valence-electron chi connectivity index (χ4n) is 8.95. The Kier molecular flexibility index (Phi) is 22.2. The summed E-state index contributed by atoms with van der Waals surface area (Å²) in [5.41, 5.74) is 0.784. The molecule has 2 saturated carbocycles. The second kappa shape index (κ2) is 24.5. The predicted octanol–water partition coefficient (Wildman–Crippen LogP) is 12.6. The molecule has 0 N–H and O–H groups in total. The fourth-order valence-corrected chi connectivity index (χ4v) is 8.95. The van der Waals surface area contributed by atoms with Crippen molar-refractivity contribution in [3.8, 4) is 0 Å². The molecule has 2 aliphatic rings. The molecule has 0 saturated heterocycles. The van der Waals surface area contributed by atoms with Gasteiger partial charge in [-0.15, -0.1) is 0 Å². The normalized spacial score (nSPS) is 20.4. The quantitative estimate of drug-likeness (QED) is 0.0866. The van der Waals surface area contributed by atoms with Crippen LogP contribution in [0.2, 0.25) is 0 Å². The predicted molar refractivity (Wildman–Crippen MR) is 203 cm³/mol. The van der Waals surface area contributed by atoms with Crippen LogP contribution in [-0.2, 0) is 14.3 Å². The number of hydrogen-bond donors (Lipinski definition) is 0. The Labute approximate surface area is 294 Å². The maximum Gasteiger partial charge on any atom is 0.225 e. The molecule has 2 aliphatic carbocycles. The van der Waals surface area contributed by atoms with Crippen LogP contribution in [0.15, 0.2) is 0 Å². The van der Waals surface area contributed by atoms with E-state index in [2.05, 4.69) is 53.4 Å². The van der Waals surface area contributed by atoms with Crippen LogP contribution in [0.5, 0.6) is 0 Å². The van der Waals surface area contributed by atoms with E-state index < -0.39 is 0 Å². The lowest BCUT2D eigenvalue weighted by molar-refractivity contribution is -0.137. The van der Waals surface area contributed by atoms with E-state index >= 15 is 0 Å². The van der Waals surface area contributed by atoms with Crippen LogP contribution in [-0.4, -0.2) is 49.8 Å². The summed E-state index contributed by atoms with van der Waals surface area (Å²) in [5, 5.41) is 0. The average molecular weight is 662 g/mol. The first-order chi connectivity index (χ1) is 22.5. The topological polar surface area (TPSA) is 38.8 Å². The molecule has 0 heterocycles. The summed E-state index contributed by atoms with van der Waals surface area (Å²) in [6.07, 6.45) is 32.0. The van der Waals surface area contributed by atoms with Crippen molar-refractivity contribution in [2.24, 2.45) is 28.6 Å². The van der Waals surface area contributed by atoms with Gasteiger partial charge in [0.1, 0.15) is 0 Å². The van der Waals surface area contributed by atoms with Crippen molar-refractivity contribution >= 4 is 5.91 Å². The molecule has 0 aliphatic heterocycles. The van der Waals surface area contributed by atoms with E-state index in [-0.39, 0.29) is 5.92 Å². The second-order valence-electron chi connectivity index (χ2n) is 17.9. The molecule has 1 unspecified atom stereocenters. The van der Waals surface area contributed by atoms with Gasteiger partial charge in [-0.2, -0.15) is 0 Å². The van der Waals surface area contributed by atoms with Crippen molar-refractivity contribution in [2.45, 2.75) is 209 Å². The zero-order valence-corrected chi connectivity index (χ0v) is 33.0. The number of unbranched alkanes of at least 4 members (excludes halogenated alkanes) is 12. The summed E-state index contributed by atoms with van der Waals surface area (Å²) in [6, 6.07) is 0. The highest BCUT2D eigenvalue weighted by atomic mass is 16.5. The van der Waals surface area contributed by atoms with E-state index in [1.807, 2.05) is 0 Å². The Hall–Kier alpha value is -0.610. The number of carbonyl (C=O) groups is 1. The molecule has 0 aromatic rings. The molecule has 4 nitrogen and oxygen atoms in total. The first kappa shape index (κ1) is 42.6. The Bertz CT molecular complexity index is 759. The number of ether oxygens (including phenoxy) is 2. The van der Waals surface area contributed by atoms with Crippen LogP contribution in [0.3, 0.4) is 0 Å². The van der Waals surface area contributed by atoms with E-state index in [0.717, 1.165) is 25.4 Å². The standard InChI is InChI=1S/C43H83NO3/c1-8-9-10-11-12-13-14-15-16-17-18-19-21-24-37(2)41(45)44(35-38-25-22-20-23-26-38)31-32-46-33-34-47-40-29-27-39(28-30-40)43(6,7)36-42(3,4)5/h37-40H,8-36H2,1-7H3. The molecule has 0 radical (unpaired) electrons. The van der Waals surface area contributed by atoms with E-state index in [1.165, 1.54) is 148 Å². The summed E-state index contributed by atoms with van der Waals surface area (Å²) < 4.78 is 12.3. The van der Waals surface area contributed by atoms with Crippen LogP contribution >= 0.6 is 0 Å². The maximum atomic E-state index is 13.6. The Morgan fingerprint density at radius 3 is 1.81 bits per heavy atom. The van der Waals surface area contributed by atoms with Crippen LogP contribution < -0.4 is 0 Å². The zero-order valence-electron chi connectivity index (χ0n) is 33.0. The second-order valence-corrected chi connectivity index (χ2v) is 17.9. The van der Waals surface area contributed by atoms with Gasteiger partial charge < -0.3 is 14.4 Å². The molecular formula is C43H83NO3. The summed E-state index contributed by atoms with van der Waals surface area (Å²) in [6.45, 7) is 20.1. The van der Waals surface area contributed by atoms with Crippen molar-refractivity contribution in [2.75, 3.05) is 32.9 Å². The van der Waals surface area contributed by atoms with Crippen molar-refractivity contribution in [1.29, 1.82) is 0 Å². The van der Waals surface area contributed by atoms with Crippen LogP contribution in [0, 0.1) is 28.6 Å². The van der Waals surface area contributed by atoms with Crippen molar-refractivity contribution < 1.29 is 14.3 Å². The van der Waals surface area contributed by atoms with Gasteiger partial charge in [-0.05, 0) is 74.0 Å². The third kappa shape index (κ3) is 20.0. The first-order valence-corrected chi connectivity index (χ1v) is 21.0. The van der Waals surface area contributed by atoms with E-state index in [1.54, 1.807) is 0 Å². The van der Waals surface area contributed by atoms with Crippen LogP contribution in [0.1, 0.15) is 203 Å². The lowest BCUT2D eigenvalue weighted by Crippen LogP contribution is -2.41. The summed E-state index contributed by atoms with van der Waals surface area (Å²) in [4.78, 5) is 15.8. The van der Waals surface area contributed by atoms with Crippen LogP contribution in [0.4, 0.5) is 0 Å². The molecule has 0 aromatic heterocycles. The van der Waals surface area contributed by atoms with E-state index in [9.17, 15) is 4.79 Å². The van der Waals surface area contributed by atoms with Gasteiger partial charge in [0.05, 0.1) is 25.9 Å². The van der Waals surface area contributed by atoms with Gasteiger partial charge in [0, 0.05) is 19.0 Å². The molecule has 4 heteroatoms. The monoisotopic (exact) mass is 662 g/mol. The zero-order chi connectivity index (χ0) is 34.4. The molecule has 47 heavy (non-hydrogen) atoms. The molecule has 1 atom stereocenters. The highest BCUT2D eigenvalue weighted by Crippen LogP contribution is 2.45. The Morgan fingerprint density at radius 2 is 1.26 bits per heavy atom. The summed E-state index contributed by atoms with van der Waals surface area (Å²) in [7, 11) is 0. The van der Waals surface area contributed by atoms with E-state index in [4.69, 9.17) is 9.47 Å².